The van der Waals surface area contributed by atoms with Gasteiger partial charge in [0.05, 0.1) is 12.2 Å². The second kappa shape index (κ2) is 6.92. The van der Waals surface area contributed by atoms with Crippen LogP contribution in [0.4, 0.5) is 4.39 Å². The highest BCUT2D eigenvalue weighted by atomic mass is 32.2. The molecule has 2 N–H and O–H groups in total. The summed E-state index contributed by atoms with van der Waals surface area (Å²) >= 11 is 1.48. The van der Waals surface area contributed by atoms with Crippen molar-refractivity contribution in [2.75, 3.05) is 6.61 Å². The highest BCUT2D eigenvalue weighted by Crippen LogP contribution is 2.19. The molecule has 0 saturated heterocycles. The van der Waals surface area contributed by atoms with E-state index in [1.165, 1.54) is 24.2 Å². The number of halogens is 1. The van der Waals surface area contributed by atoms with Crippen LogP contribution in [-0.2, 0) is 5.75 Å². The van der Waals surface area contributed by atoms with Crippen molar-refractivity contribution in [3.8, 4) is 11.8 Å². The van der Waals surface area contributed by atoms with Gasteiger partial charge in [0.25, 0.3) is 0 Å². The molecule has 0 radical (unpaired) electrons. The van der Waals surface area contributed by atoms with Crippen LogP contribution in [0, 0.1) is 17.7 Å². The standard InChI is InChI=1S/C13H12FN3OS/c14-12-5-4-10(7-11(12)3-1-2-6-18)8-19-13-15-9-16-17-13/h4-5,7,9,18H,2,6,8H2,(H,15,16,17). The van der Waals surface area contributed by atoms with E-state index in [1.807, 2.05) is 0 Å². The van der Waals surface area contributed by atoms with E-state index in [2.05, 4.69) is 27.0 Å². The smallest absolute Gasteiger partial charge is 0.183 e. The van der Waals surface area contributed by atoms with Gasteiger partial charge in [-0.3, -0.25) is 5.10 Å². The van der Waals surface area contributed by atoms with Crippen molar-refractivity contribution in [3.63, 3.8) is 0 Å². The number of aromatic nitrogens is 3. The molecule has 19 heavy (non-hydrogen) atoms. The minimum Gasteiger partial charge on any atom is -0.395 e. The largest absolute Gasteiger partial charge is 0.395 e. The summed E-state index contributed by atoms with van der Waals surface area (Å²) in [5.41, 5.74) is 1.31. The summed E-state index contributed by atoms with van der Waals surface area (Å²) in [6.07, 6.45) is 1.79. The molecule has 0 aliphatic rings. The molecule has 0 unspecified atom stereocenters. The summed E-state index contributed by atoms with van der Waals surface area (Å²) < 4.78 is 13.5. The summed E-state index contributed by atoms with van der Waals surface area (Å²) in [6, 6.07) is 4.83. The highest BCUT2D eigenvalue weighted by molar-refractivity contribution is 7.98. The number of rotatable bonds is 4. The molecule has 0 aliphatic carbocycles. The van der Waals surface area contributed by atoms with Gasteiger partial charge in [-0.1, -0.05) is 29.7 Å². The van der Waals surface area contributed by atoms with E-state index in [1.54, 1.807) is 12.1 Å². The molecule has 0 amide bonds. The van der Waals surface area contributed by atoms with Gasteiger partial charge in [-0.05, 0) is 17.7 Å². The van der Waals surface area contributed by atoms with Gasteiger partial charge in [-0.25, -0.2) is 9.37 Å². The molecule has 0 fully saturated rings. The molecule has 2 aromatic rings. The maximum Gasteiger partial charge on any atom is 0.183 e. The molecule has 1 aromatic carbocycles. The maximum absolute atomic E-state index is 13.5. The number of aliphatic hydroxyl groups excluding tert-OH is 1. The topological polar surface area (TPSA) is 61.8 Å². The first-order valence-electron chi connectivity index (χ1n) is 5.66. The number of thioether (sulfide) groups is 1. The Hall–Kier alpha value is -1.84. The summed E-state index contributed by atoms with van der Waals surface area (Å²) in [6.45, 7) is -0.0182. The van der Waals surface area contributed by atoms with Crippen LogP contribution >= 0.6 is 11.8 Å². The van der Waals surface area contributed by atoms with Gasteiger partial charge in [0.1, 0.15) is 12.1 Å². The van der Waals surface area contributed by atoms with Crippen molar-refractivity contribution in [2.24, 2.45) is 0 Å². The van der Waals surface area contributed by atoms with Gasteiger partial charge in [0.2, 0.25) is 0 Å². The van der Waals surface area contributed by atoms with Crippen molar-refractivity contribution < 1.29 is 9.50 Å². The second-order valence-corrected chi connectivity index (χ2v) is 4.63. The van der Waals surface area contributed by atoms with Crippen LogP contribution in [-0.4, -0.2) is 26.9 Å². The molecule has 1 aromatic heterocycles. The third-order valence-electron chi connectivity index (χ3n) is 2.26. The summed E-state index contributed by atoms with van der Waals surface area (Å²) in [7, 11) is 0. The maximum atomic E-state index is 13.5. The lowest BCUT2D eigenvalue weighted by atomic mass is 10.1. The van der Waals surface area contributed by atoms with E-state index in [0.29, 0.717) is 17.7 Å². The average Bonchev–Trinajstić information content (AvgIpc) is 2.93. The van der Waals surface area contributed by atoms with E-state index < -0.39 is 0 Å². The Morgan fingerprint density at radius 1 is 1.42 bits per heavy atom. The number of nitrogens with zero attached hydrogens (tertiary/aromatic N) is 2. The molecule has 0 saturated carbocycles. The van der Waals surface area contributed by atoms with Crippen molar-refractivity contribution in [3.05, 3.63) is 41.5 Å². The molecular weight excluding hydrogens is 265 g/mol. The summed E-state index contributed by atoms with van der Waals surface area (Å²) in [5.74, 6) is 5.74. The Kier molecular flexibility index (Phi) is 4.95. The SMILES string of the molecule is OCCC#Cc1cc(CSc2ncn[nH]2)ccc1F. The van der Waals surface area contributed by atoms with Gasteiger partial charge in [-0.2, -0.15) is 5.10 Å². The number of hydrogen-bond acceptors (Lipinski definition) is 4. The molecule has 4 nitrogen and oxygen atoms in total. The van der Waals surface area contributed by atoms with Crippen molar-refractivity contribution in [2.45, 2.75) is 17.3 Å². The van der Waals surface area contributed by atoms with Crippen LogP contribution in [0.5, 0.6) is 0 Å². The van der Waals surface area contributed by atoms with Crippen LogP contribution in [0.1, 0.15) is 17.5 Å². The molecule has 0 atom stereocenters. The van der Waals surface area contributed by atoms with E-state index >= 15 is 0 Å². The minimum atomic E-state index is -0.348. The Bertz CT molecular complexity index is 590. The summed E-state index contributed by atoms with van der Waals surface area (Å²) in [5, 5.41) is 15.9. The first-order valence-corrected chi connectivity index (χ1v) is 6.64. The Morgan fingerprint density at radius 3 is 3.05 bits per heavy atom. The number of hydrogen-bond donors (Lipinski definition) is 2. The third-order valence-corrected chi connectivity index (χ3v) is 3.21. The predicted octanol–water partition coefficient (Wildman–Crippen LogP) is 1.97. The Morgan fingerprint density at radius 2 is 2.32 bits per heavy atom. The Labute approximate surface area is 114 Å². The molecule has 2 rings (SSSR count). The molecule has 0 aliphatic heterocycles. The van der Waals surface area contributed by atoms with Crippen molar-refractivity contribution >= 4 is 11.8 Å². The first kappa shape index (κ1) is 13.6. The molecular formula is C13H12FN3OS. The van der Waals surface area contributed by atoms with Gasteiger partial charge >= 0.3 is 0 Å². The number of aliphatic hydroxyl groups is 1. The van der Waals surface area contributed by atoms with Gasteiger partial charge in [-0.15, -0.1) is 0 Å². The average molecular weight is 277 g/mol. The zero-order chi connectivity index (χ0) is 13.5. The number of benzene rings is 1. The van der Waals surface area contributed by atoms with Gasteiger partial charge in [0.15, 0.2) is 5.16 Å². The normalized spacial score (nSPS) is 10.0. The van der Waals surface area contributed by atoms with Crippen LogP contribution in [0.2, 0.25) is 0 Å². The van der Waals surface area contributed by atoms with Crippen LogP contribution in [0.3, 0.4) is 0 Å². The van der Waals surface area contributed by atoms with E-state index in [0.717, 1.165) is 10.7 Å². The van der Waals surface area contributed by atoms with E-state index in [9.17, 15) is 4.39 Å². The molecule has 1 heterocycles. The van der Waals surface area contributed by atoms with Gasteiger partial charge in [0, 0.05) is 12.2 Å². The predicted molar refractivity (Wildman–Crippen MR) is 70.9 cm³/mol. The van der Waals surface area contributed by atoms with E-state index in [-0.39, 0.29) is 12.4 Å². The van der Waals surface area contributed by atoms with Crippen molar-refractivity contribution in [1.82, 2.24) is 15.2 Å². The van der Waals surface area contributed by atoms with Crippen LogP contribution in [0.25, 0.3) is 0 Å². The van der Waals surface area contributed by atoms with Crippen molar-refractivity contribution in [1.29, 1.82) is 0 Å². The molecule has 0 bridgehead atoms. The molecule has 98 valence electrons. The van der Waals surface area contributed by atoms with Crippen LogP contribution < -0.4 is 0 Å². The number of aromatic amines is 1. The lowest BCUT2D eigenvalue weighted by Crippen LogP contribution is -1.89. The lowest BCUT2D eigenvalue weighted by molar-refractivity contribution is 0.305. The minimum absolute atomic E-state index is 0.0182. The lowest BCUT2D eigenvalue weighted by Gasteiger charge is -2.01. The fourth-order valence-corrected chi connectivity index (χ4v) is 2.11. The van der Waals surface area contributed by atoms with Crippen LogP contribution in [0.15, 0.2) is 29.7 Å². The first-order chi connectivity index (χ1) is 9.29. The molecule has 0 spiro atoms. The third kappa shape index (κ3) is 4.09. The summed E-state index contributed by atoms with van der Waals surface area (Å²) in [4.78, 5) is 4.00. The molecule has 6 heteroatoms. The Balaban J connectivity index is 2.06. The van der Waals surface area contributed by atoms with Gasteiger partial charge < -0.3 is 5.11 Å². The van der Waals surface area contributed by atoms with E-state index in [4.69, 9.17) is 5.11 Å². The zero-order valence-electron chi connectivity index (χ0n) is 10.1. The second-order valence-electron chi connectivity index (χ2n) is 3.67. The monoisotopic (exact) mass is 277 g/mol. The fourth-order valence-electron chi connectivity index (χ4n) is 1.39. The zero-order valence-corrected chi connectivity index (χ0v) is 10.9. The number of nitrogens with one attached hydrogen (secondary N) is 1. The number of H-pyrrole nitrogens is 1. The fraction of sp³-hybridized carbons (Fsp3) is 0.231. The highest BCUT2D eigenvalue weighted by Gasteiger charge is 2.03. The quantitative estimate of drug-likeness (QED) is 0.662.